The van der Waals surface area contributed by atoms with Gasteiger partial charge in [-0.3, -0.25) is 0 Å². The first kappa shape index (κ1) is 14.7. The molecule has 0 unspecified atom stereocenters. The molecule has 15 heavy (non-hydrogen) atoms. The fourth-order valence-corrected chi connectivity index (χ4v) is 2.78. The van der Waals surface area contributed by atoms with Crippen LogP contribution in [0.3, 0.4) is 0 Å². The minimum atomic E-state index is -1.05. The summed E-state index contributed by atoms with van der Waals surface area (Å²) in [6.45, 7) is 15.8. The molecule has 88 valence electrons. The second-order valence-corrected chi connectivity index (χ2v) is 11.1. The predicted molar refractivity (Wildman–Crippen MR) is 72.1 cm³/mol. The molecule has 0 aromatic rings. The topological polar surface area (TPSA) is 9.23 Å². The molecular formula is C13H26OSi. The molecule has 1 nitrogen and oxygen atoms in total. The van der Waals surface area contributed by atoms with Crippen LogP contribution in [0.5, 0.6) is 0 Å². The third-order valence-corrected chi connectivity index (χ3v) is 3.58. The zero-order chi connectivity index (χ0) is 11.9. The van der Waals surface area contributed by atoms with Crippen molar-refractivity contribution in [3.8, 4) is 0 Å². The lowest BCUT2D eigenvalue weighted by molar-refractivity contribution is 0.121. The molecule has 0 aromatic carbocycles. The van der Waals surface area contributed by atoms with Crippen molar-refractivity contribution in [2.24, 2.45) is 5.92 Å². The molecule has 0 saturated heterocycles. The molecule has 0 bridgehead atoms. The van der Waals surface area contributed by atoms with Crippen LogP contribution in [0.1, 0.15) is 13.8 Å². The number of hydrogen-bond donors (Lipinski definition) is 0. The van der Waals surface area contributed by atoms with E-state index in [9.17, 15) is 0 Å². The van der Waals surface area contributed by atoms with E-state index in [4.69, 9.17) is 4.74 Å². The number of ether oxygens (including phenoxy) is 1. The molecule has 1 atom stereocenters. The number of allylic oxidation sites excluding steroid dienone is 1. The van der Waals surface area contributed by atoms with Crippen molar-refractivity contribution in [3.63, 3.8) is 0 Å². The fourth-order valence-electron chi connectivity index (χ4n) is 1.32. The van der Waals surface area contributed by atoms with Crippen LogP contribution in [0.4, 0.5) is 0 Å². The lowest BCUT2D eigenvalue weighted by Gasteiger charge is -2.22. The van der Waals surface area contributed by atoms with E-state index in [1.165, 1.54) is 6.04 Å². The highest BCUT2D eigenvalue weighted by atomic mass is 28.3. The van der Waals surface area contributed by atoms with Gasteiger partial charge in [0.1, 0.15) is 0 Å². The molecule has 0 aliphatic rings. The average molecular weight is 226 g/mol. The highest BCUT2D eigenvalue weighted by Gasteiger charge is 2.18. The van der Waals surface area contributed by atoms with E-state index in [1.807, 2.05) is 6.08 Å². The van der Waals surface area contributed by atoms with Crippen LogP contribution in [-0.4, -0.2) is 20.8 Å². The van der Waals surface area contributed by atoms with E-state index < -0.39 is 8.07 Å². The molecule has 0 amide bonds. The van der Waals surface area contributed by atoms with Gasteiger partial charge in [-0.25, -0.2) is 0 Å². The van der Waals surface area contributed by atoms with E-state index >= 15 is 0 Å². The van der Waals surface area contributed by atoms with E-state index in [0.29, 0.717) is 12.5 Å². The number of rotatable bonds is 7. The summed E-state index contributed by atoms with van der Waals surface area (Å²) in [6.07, 6.45) is 6.54. The highest BCUT2D eigenvalue weighted by Crippen LogP contribution is 2.16. The zero-order valence-corrected chi connectivity index (χ0v) is 11.9. The summed E-state index contributed by atoms with van der Waals surface area (Å²) in [7, 11) is -1.05. The fraction of sp³-hybridized carbons (Fsp3) is 0.692. The molecule has 0 aromatic heterocycles. The Labute approximate surface area is 96.2 Å². The third kappa shape index (κ3) is 9.95. The predicted octanol–water partition coefficient (Wildman–Crippen LogP) is 4.11. The van der Waals surface area contributed by atoms with Gasteiger partial charge in [-0.15, -0.1) is 6.58 Å². The summed E-state index contributed by atoms with van der Waals surface area (Å²) in [5, 5.41) is 0. The quantitative estimate of drug-likeness (QED) is 0.469. The van der Waals surface area contributed by atoms with Crippen molar-refractivity contribution in [2.75, 3.05) is 6.61 Å². The van der Waals surface area contributed by atoms with E-state index in [2.05, 4.69) is 52.2 Å². The van der Waals surface area contributed by atoms with Gasteiger partial charge >= 0.3 is 0 Å². The SMILES string of the molecule is C=CCO[C@@H](/C=C/C(C)C)C[Si](C)(C)C. The van der Waals surface area contributed by atoms with Crippen molar-refractivity contribution < 1.29 is 4.74 Å². The largest absolute Gasteiger partial charge is 0.370 e. The molecule has 0 rings (SSSR count). The molecule has 0 aliphatic heterocycles. The highest BCUT2D eigenvalue weighted by molar-refractivity contribution is 6.76. The Morgan fingerprint density at radius 3 is 2.20 bits per heavy atom. The molecule has 0 fully saturated rings. The van der Waals surface area contributed by atoms with Crippen LogP contribution in [0.2, 0.25) is 25.7 Å². The van der Waals surface area contributed by atoms with Gasteiger partial charge in [0.05, 0.1) is 12.7 Å². The summed E-state index contributed by atoms with van der Waals surface area (Å²) in [6, 6.07) is 1.18. The Balaban J connectivity index is 4.24. The summed E-state index contributed by atoms with van der Waals surface area (Å²) in [5.41, 5.74) is 0. The smallest absolute Gasteiger partial charge is 0.0736 e. The standard InChI is InChI=1S/C13H26OSi/c1-7-10-14-13(9-8-12(2)3)11-15(4,5)6/h7-9,12-13H,1,10-11H2,2-6H3/b9-8+/t13-/m0/s1. The van der Waals surface area contributed by atoms with Crippen molar-refractivity contribution in [1.82, 2.24) is 0 Å². The first-order valence-electron chi connectivity index (χ1n) is 5.76. The van der Waals surface area contributed by atoms with Gasteiger partial charge in [0.2, 0.25) is 0 Å². The van der Waals surface area contributed by atoms with Gasteiger partial charge in [-0.1, -0.05) is 51.7 Å². The zero-order valence-electron chi connectivity index (χ0n) is 10.9. The lowest BCUT2D eigenvalue weighted by Crippen LogP contribution is -2.27. The Morgan fingerprint density at radius 2 is 1.80 bits per heavy atom. The summed E-state index contributed by atoms with van der Waals surface area (Å²) >= 11 is 0. The average Bonchev–Trinajstić information content (AvgIpc) is 2.07. The summed E-state index contributed by atoms with van der Waals surface area (Å²) < 4.78 is 5.75. The van der Waals surface area contributed by atoms with Crippen molar-refractivity contribution in [2.45, 2.75) is 45.6 Å². The first-order chi connectivity index (χ1) is 6.85. The molecule has 0 saturated carbocycles. The minimum Gasteiger partial charge on any atom is -0.370 e. The maximum atomic E-state index is 5.75. The van der Waals surface area contributed by atoms with Gasteiger partial charge < -0.3 is 4.74 Å². The van der Waals surface area contributed by atoms with E-state index in [1.54, 1.807) is 0 Å². The maximum Gasteiger partial charge on any atom is 0.0736 e. The van der Waals surface area contributed by atoms with Crippen LogP contribution in [0, 0.1) is 5.92 Å². The summed E-state index contributed by atoms with van der Waals surface area (Å²) in [4.78, 5) is 0. The molecule has 0 heterocycles. The van der Waals surface area contributed by atoms with Gasteiger partial charge in [-0.05, 0) is 12.0 Å². The molecule has 0 aliphatic carbocycles. The first-order valence-corrected chi connectivity index (χ1v) is 9.46. The van der Waals surface area contributed by atoms with Gasteiger partial charge in [0.25, 0.3) is 0 Å². The van der Waals surface area contributed by atoms with Gasteiger partial charge in [-0.2, -0.15) is 0 Å². The normalized spacial score (nSPS) is 14.8. The van der Waals surface area contributed by atoms with Crippen molar-refractivity contribution in [3.05, 3.63) is 24.8 Å². The van der Waals surface area contributed by atoms with Crippen LogP contribution in [0.25, 0.3) is 0 Å². The van der Waals surface area contributed by atoms with E-state index in [-0.39, 0.29) is 6.10 Å². The third-order valence-electron chi connectivity index (χ3n) is 1.95. The van der Waals surface area contributed by atoms with Gasteiger partial charge in [0.15, 0.2) is 0 Å². The Morgan fingerprint density at radius 1 is 1.20 bits per heavy atom. The second kappa shape index (κ2) is 7.02. The Hall–Kier alpha value is -0.343. The molecule has 0 N–H and O–H groups in total. The molecule has 2 heteroatoms. The second-order valence-electron chi connectivity index (χ2n) is 5.55. The monoisotopic (exact) mass is 226 g/mol. The number of hydrogen-bond acceptors (Lipinski definition) is 1. The van der Waals surface area contributed by atoms with Crippen LogP contribution >= 0.6 is 0 Å². The van der Waals surface area contributed by atoms with Crippen molar-refractivity contribution >= 4 is 8.07 Å². The molecule has 0 spiro atoms. The lowest BCUT2D eigenvalue weighted by atomic mass is 10.2. The Kier molecular flexibility index (Phi) is 6.86. The van der Waals surface area contributed by atoms with Crippen LogP contribution in [-0.2, 0) is 4.74 Å². The van der Waals surface area contributed by atoms with Crippen LogP contribution < -0.4 is 0 Å². The summed E-state index contributed by atoms with van der Waals surface area (Å²) in [5.74, 6) is 0.599. The minimum absolute atomic E-state index is 0.275. The Bertz CT molecular complexity index is 201. The molecular weight excluding hydrogens is 200 g/mol. The van der Waals surface area contributed by atoms with Gasteiger partial charge in [0, 0.05) is 8.07 Å². The maximum absolute atomic E-state index is 5.75. The molecule has 0 radical (unpaired) electrons. The van der Waals surface area contributed by atoms with E-state index in [0.717, 1.165) is 0 Å². The van der Waals surface area contributed by atoms with Crippen LogP contribution in [0.15, 0.2) is 24.8 Å². The van der Waals surface area contributed by atoms with Crippen molar-refractivity contribution in [1.29, 1.82) is 0 Å².